The van der Waals surface area contributed by atoms with Crippen molar-refractivity contribution in [3.63, 3.8) is 0 Å². The zero-order valence-electron chi connectivity index (χ0n) is 11.9. The first-order chi connectivity index (χ1) is 10.3. The summed E-state index contributed by atoms with van der Waals surface area (Å²) in [6.07, 6.45) is 6.02. The summed E-state index contributed by atoms with van der Waals surface area (Å²) in [6.45, 7) is 0. The highest BCUT2D eigenvalue weighted by atomic mass is 32.2. The third-order valence-corrected chi connectivity index (χ3v) is 7.04. The standard InChI is InChI=1S/C18H18S3/c1-13-2-15-3-14(1)8-20-11-17-4-16(10-19-7-13)5-18(6-17)12-21-9-15/h1-5,11H,6-10,12H2. The zero-order chi connectivity index (χ0) is 14.1. The Labute approximate surface area is 139 Å². The molecule has 0 unspecified atom stereocenters. The van der Waals surface area contributed by atoms with Gasteiger partial charge < -0.3 is 0 Å². The number of rotatable bonds is 0. The lowest BCUT2D eigenvalue weighted by Crippen LogP contribution is -2.02. The van der Waals surface area contributed by atoms with E-state index >= 15 is 0 Å². The molecule has 0 aromatic heterocycles. The molecule has 0 saturated carbocycles. The van der Waals surface area contributed by atoms with Gasteiger partial charge >= 0.3 is 0 Å². The predicted molar refractivity (Wildman–Crippen MR) is 98.9 cm³/mol. The van der Waals surface area contributed by atoms with Crippen LogP contribution in [0.5, 0.6) is 0 Å². The van der Waals surface area contributed by atoms with Crippen molar-refractivity contribution < 1.29 is 0 Å². The number of benzene rings is 1. The molecule has 0 spiro atoms. The van der Waals surface area contributed by atoms with E-state index in [1.807, 2.05) is 23.5 Å². The first-order valence-corrected chi connectivity index (χ1v) is 10.7. The van der Waals surface area contributed by atoms with Crippen LogP contribution in [0.2, 0.25) is 0 Å². The van der Waals surface area contributed by atoms with E-state index in [0.29, 0.717) is 0 Å². The molecule has 6 bridgehead atoms. The van der Waals surface area contributed by atoms with Crippen molar-refractivity contribution in [2.75, 3.05) is 11.5 Å². The number of hydrogen-bond donors (Lipinski definition) is 0. The highest BCUT2D eigenvalue weighted by molar-refractivity contribution is 8.01. The molecule has 108 valence electrons. The van der Waals surface area contributed by atoms with Crippen LogP contribution >= 0.6 is 35.3 Å². The van der Waals surface area contributed by atoms with Gasteiger partial charge in [0, 0.05) is 28.8 Å². The molecule has 0 nitrogen and oxygen atoms in total. The first kappa shape index (κ1) is 14.1. The third kappa shape index (κ3) is 3.46. The van der Waals surface area contributed by atoms with Crippen molar-refractivity contribution >= 4 is 35.3 Å². The van der Waals surface area contributed by atoms with Gasteiger partial charge in [-0.15, -0.1) is 11.8 Å². The fourth-order valence-corrected chi connectivity index (χ4v) is 5.75. The molecule has 0 radical (unpaired) electrons. The second-order valence-electron chi connectivity index (χ2n) is 5.85. The van der Waals surface area contributed by atoms with E-state index in [-0.39, 0.29) is 0 Å². The Balaban J connectivity index is 1.80. The molecule has 1 aromatic rings. The van der Waals surface area contributed by atoms with Crippen LogP contribution in [-0.4, -0.2) is 11.5 Å². The van der Waals surface area contributed by atoms with E-state index in [1.54, 1.807) is 5.57 Å². The van der Waals surface area contributed by atoms with Crippen molar-refractivity contribution in [1.82, 2.24) is 0 Å². The van der Waals surface area contributed by atoms with Gasteiger partial charge in [-0.2, -0.15) is 23.5 Å². The maximum atomic E-state index is 2.45. The molecular weight excluding hydrogens is 312 g/mol. The topological polar surface area (TPSA) is 0 Å². The average molecular weight is 331 g/mol. The fraction of sp³-hybridized carbons (Fsp3) is 0.333. The molecule has 1 aromatic carbocycles. The monoisotopic (exact) mass is 330 g/mol. The smallest absolute Gasteiger partial charge is 0.0226 e. The molecule has 0 N–H and O–H groups in total. The predicted octanol–water partition coefficient (Wildman–Crippen LogP) is 5.55. The molecule has 3 heteroatoms. The van der Waals surface area contributed by atoms with Gasteiger partial charge in [0.15, 0.2) is 0 Å². The largest absolute Gasteiger partial charge is 0.153 e. The van der Waals surface area contributed by atoms with Gasteiger partial charge in [0.25, 0.3) is 0 Å². The minimum Gasteiger partial charge on any atom is -0.153 e. The molecule has 21 heavy (non-hydrogen) atoms. The molecular formula is C18H18S3. The minimum absolute atomic E-state index is 1.10. The van der Waals surface area contributed by atoms with Crippen molar-refractivity contribution in [1.29, 1.82) is 0 Å². The maximum Gasteiger partial charge on any atom is 0.0226 e. The Bertz CT molecular complexity index is 652. The Morgan fingerprint density at radius 2 is 1.38 bits per heavy atom. The van der Waals surface area contributed by atoms with Gasteiger partial charge in [-0.3, -0.25) is 0 Å². The quantitative estimate of drug-likeness (QED) is 0.612. The summed E-state index contributed by atoms with van der Waals surface area (Å²) in [7, 11) is 0. The summed E-state index contributed by atoms with van der Waals surface area (Å²) in [6, 6.07) is 7.23. The van der Waals surface area contributed by atoms with Crippen LogP contribution in [0.25, 0.3) is 0 Å². The number of hydrogen-bond acceptors (Lipinski definition) is 3. The van der Waals surface area contributed by atoms with Crippen molar-refractivity contribution in [2.45, 2.75) is 23.7 Å². The summed E-state index contributed by atoms with van der Waals surface area (Å²) in [5.74, 6) is 5.68. The lowest BCUT2D eigenvalue weighted by atomic mass is 9.98. The van der Waals surface area contributed by atoms with Gasteiger partial charge in [-0.25, -0.2) is 0 Å². The molecule has 0 saturated heterocycles. The van der Waals surface area contributed by atoms with Gasteiger partial charge in [-0.1, -0.05) is 35.9 Å². The summed E-state index contributed by atoms with van der Waals surface area (Å²) in [5.41, 5.74) is 9.10. The lowest BCUT2D eigenvalue weighted by Gasteiger charge is -2.19. The summed E-state index contributed by atoms with van der Waals surface area (Å²) < 4.78 is 0. The Morgan fingerprint density at radius 1 is 0.667 bits per heavy atom. The second kappa shape index (κ2) is 6.31. The van der Waals surface area contributed by atoms with Crippen LogP contribution in [-0.2, 0) is 17.3 Å². The molecule has 3 aliphatic heterocycles. The third-order valence-electron chi connectivity index (χ3n) is 3.88. The van der Waals surface area contributed by atoms with E-state index in [2.05, 4.69) is 47.5 Å². The van der Waals surface area contributed by atoms with Crippen molar-refractivity contribution in [3.8, 4) is 0 Å². The fourth-order valence-electron chi connectivity index (χ4n) is 3.08. The number of fused-ring (bicyclic) bond motifs is 6. The van der Waals surface area contributed by atoms with Gasteiger partial charge in [0.2, 0.25) is 0 Å². The SMILES string of the molecule is C1=C2C=C3CSCc4cc(cc(c4)CSC2)CSC=C1C3. The van der Waals surface area contributed by atoms with Crippen LogP contribution in [0, 0.1) is 0 Å². The summed E-state index contributed by atoms with van der Waals surface area (Å²) in [5, 5.41) is 2.39. The van der Waals surface area contributed by atoms with E-state index in [1.165, 1.54) is 33.6 Å². The van der Waals surface area contributed by atoms with Crippen LogP contribution in [0.1, 0.15) is 23.1 Å². The zero-order valence-corrected chi connectivity index (χ0v) is 14.4. The normalized spacial score (nSPS) is 21.4. The molecule has 0 atom stereocenters. The molecule has 4 aliphatic rings. The van der Waals surface area contributed by atoms with Gasteiger partial charge in [0.1, 0.15) is 0 Å². The minimum atomic E-state index is 1.10. The summed E-state index contributed by atoms with van der Waals surface area (Å²) >= 11 is 6.07. The second-order valence-corrected chi connectivity index (χ2v) is 8.67. The van der Waals surface area contributed by atoms with Gasteiger partial charge in [-0.05, 0) is 39.7 Å². The van der Waals surface area contributed by atoms with Crippen molar-refractivity contribution in [3.05, 3.63) is 69.2 Å². The van der Waals surface area contributed by atoms with Crippen LogP contribution in [0.15, 0.2) is 52.5 Å². The Kier molecular flexibility index (Phi) is 4.24. The molecule has 0 fully saturated rings. The van der Waals surface area contributed by atoms with E-state index in [9.17, 15) is 0 Å². The van der Waals surface area contributed by atoms with E-state index in [0.717, 1.165) is 29.4 Å². The van der Waals surface area contributed by atoms with E-state index in [4.69, 9.17) is 0 Å². The van der Waals surface area contributed by atoms with Crippen LogP contribution < -0.4 is 0 Å². The number of thioether (sulfide) groups is 3. The lowest BCUT2D eigenvalue weighted by molar-refractivity contribution is 1.12. The van der Waals surface area contributed by atoms with Crippen molar-refractivity contribution in [2.24, 2.45) is 0 Å². The molecule has 5 rings (SSSR count). The highest BCUT2D eigenvalue weighted by Gasteiger charge is 2.13. The summed E-state index contributed by atoms with van der Waals surface area (Å²) in [4.78, 5) is 0. The molecule has 0 amide bonds. The van der Waals surface area contributed by atoms with Gasteiger partial charge in [0.05, 0.1) is 0 Å². The molecule has 3 heterocycles. The first-order valence-electron chi connectivity index (χ1n) is 7.33. The Morgan fingerprint density at radius 3 is 2.19 bits per heavy atom. The molecule has 1 aliphatic carbocycles. The van der Waals surface area contributed by atoms with Crippen LogP contribution in [0.3, 0.4) is 0 Å². The van der Waals surface area contributed by atoms with Crippen LogP contribution in [0.4, 0.5) is 0 Å². The Hall–Kier alpha value is -0.510. The highest BCUT2D eigenvalue weighted by Crippen LogP contribution is 2.33. The maximum absolute atomic E-state index is 2.45. The number of allylic oxidation sites excluding steroid dienone is 3. The van der Waals surface area contributed by atoms with E-state index < -0.39 is 0 Å². The average Bonchev–Trinajstić information content (AvgIpc) is 2.45.